The van der Waals surface area contributed by atoms with Gasteiger partial charge >= 0.3 is 4.87 Å². The van der Waals surface area contributed by atoms with E-state index in [0.717, 1.165) is 16.9 Å². The smallest absolute Gasteiger partial charge is 0.322 e. The Labute approximate surface area is 89.8 Å². The van der Waals surface area contributed by atoms with Crippen molar-refractivity contribution in [3.05, 3.63) is 28.1 Å². The molecule has 0 aromatic carbocycles. The number of hydrogen-bond donors (Lipinski definition) is 1. The molecule has 0 radical (unpaired) electrons. The number of H-pyrrole nitrogens is 1. The Morgan fingerprint density at radius 1 is 1.53 bits per heavy atom. The highest BCUT2D eigenvalue weighted by molar-refractivity contribution is 7.12. The lowest BCUT2D eigenvalue weighted by molar-refractivity contribution is 0.339. The minimum absolute atomic E-state index is 0.174. The zero-order valence-electron chi connectivity index (χ0n) is 8.06. The van der Waals surface area contributed by atoms with E-state index in [9.17, 15) is 4.79 Å². The molecule has 0 unspecified atom stereocenters. The van der Waals surface area contributed by atoms with E-state index >= 15 is 0 Å². The van der Waals surface area contributed by atoms with Gasteiger partial charge in [0.15, 0.2) is 0 Å². The zero-order valence-corrected chi connectivity index (χ0v) is 8.87. The third-order valence-electron chi connectivity index (χ3n) is 1.71. The van der Waals surface area contributed by atoms with Gasteiger partial charge in [-0.1, -0.05) is 11.3 Å². The van der Waals surface area contributed by atoms with Crippen LogP contribution in [0, 0.1) is 0 Å². The van der Waals surface area contributed by atoms with Crippen molar-refractivity contribution in [2.75, 3.05) is 6.61 Å². The summed E-state index contributed by atoms with van der Waals surface area (Å²) in [6.45, 7) is 2.49. The molecule has 6 heteroatoms. The van der Waals surface area contributed by atoms with Gasteiger partial charge in [-0.05, 0) is 13.0 Å². The minimum Gasteiger partial charge on any atom is -0.492 e. The van der Waals surface area contributed by atoms with E-state index in [1.54, 1.807) is 12.4 Å². The molecular weight excluding hydrogens is 214 g/mol. The fraction of sp³-hybridized carbons (Fsp3) is 0.222. The average molecular weight is 223 g/mol. The predicted molar refractivity (Wildman–Crippen MR) is 57.1 cm³/mol. The van der Waals surface area contributed by atoms with E-state index in [1.165, 1.54) is 0 Å². The van der Waals surface area contributed by atoms with Crippen LogP contribution >= 0.6 is 11.3 Å². The first-order valence-corrected chi connectivity index (χ1v) is 5.25. The Balaban J connectivity index is 2.36. The summed E-state index contributed by atoms with van der Waals surface area (Å²) in [6, 6.07) is 1.81. The van der Waals surface area contributed by atoms with Crippen LogP contribution in [0.15, 0.2) is 23.3 Å². The van der Waals surface area contributed by atoms with E-state index in [-0.39, 0.29) is 4.87 Å². The summed E-state index contributed by atoms with van der Waals surface area (Å²) in [5.74, 6) is 0.678. The van der Waals surface area contributed by atoms with Crippen LogP contribution in [0.1, 0.15) is 6.92 Å². The summed E-state index contributed by atoms with van der Waals surface area (Å²) in [5, 5.41) is 6.86. The standard InChI is InChI=1S/C9H9N3O2S/c1-2-14-7-3-6(4-10-5-7)8-11-12-9(13)15-8/h3-5H,2H2,1H3,(H,12,13). The van der Waals surface area contributed by atoms with Crippen LogP contribution in [-0.2, 0) is 0 Å². The molecular formula is C9H9N3O2S. The summed E-state index contributed by atoms with van der Waals surface area (Å²) in [7, 11) is 0. The Kier molecular flexibility index (Phi) is 2.77. The highest BCUT2D eigenvalue weighted by Gasteiger charge is 2.04. The van der Waals surface area contributed by atoms with Gasteiger partial charge in [0.1, 0.15) is 10.8 Å². The molecule has 0 atom stereocenters. The Morgan fingerprint density at radius 2 is 2.40 bits per heavy atom. The molecule has 2 rings (SSSR count). The van der Waals surface area contributed by atoms with Crippen molar-refractivity contribution in [3.63, 3.8) is 0 Å². The molecule has 0 aliphatic carbocycles. The van der Waals surface area contributed by atoms with E-state index in [4.69, 9.17) is 4.74 Å². The number of pyridine rings is 1. The molecule has 2 aromatic heterocycles. The van der Waals surface area contributed by atoms with Gasteiger partial charge in [-0.2, -0.15) is 5.10 Å². The molecule has 78 valence electrons. The van der Waals surface area contributed by atoms with Gasteiger partial charge < -0.3 is 4.74 Å². The van der Waals surface area contributed by atoms with E-state index in [0.29, 0.717) is 17.4 Å². The molecule has 0 amide bonds. The molecule has 0 fully saturated rings. The normalized spacial score (nSPS) is 10.2. The molecule has 5 nitrogen and oxygen atoms in total. The van der Waals surface area contributed by atoms with E-state index in [2.05, 4.69) is 15.2 Å². The van der Waals surface area contributed by atoms with Crippen LogP contribution in [-0.4, -0.2) is 21.8 Å². The van der Waals surface area contributed by atoms with Gasteiger partial charge in [0.25, 0.3) is 0 Å². The molecule has 0 spiro atoms. The fourth-order valence-corrected chi connectivity index (χ4v) is 1.72. The number of ether oxygens (including phenoxy) is 1. The fourth-order valence-electron chi connectivity index (χ4n) is 1.13. The summed E-state index contributed by atoms with van der Waals surface area (Å²) in [6.07, 6.45) is 3.27. The van der Waals surface area contributed by atoms with Gasteiger partial charge in [-0.15, -0.1) is 0 Å². The minimum atomic E-state index is -0.174. The number of hydrogen-bond acceptors (Lipinski definition) is 5. The maximum atomic E-state index is 10.9. The van der Waals surface area contributed by atoms with Crippen LogP contribution in [0.25, 0.3) is 10.6 Å². The second-order valence-electron chi connectivity index (χ2n) is 2.76. The van der Waals surface area contributed by atoms with E-state index in [1.807, 2.05) is 13.0 Å². The molecule has 0 saturated heterocycles. The molecule has 2 aromatic rings. The van der Waals surface area contributed by atoms with Gasteiger partial charge in [-0.3, -0.25) is 9.78 Å². The van der Waals surface area contributed by atoms with Gasteiger partial charge in [0.05, 0.1) is 12.8 Å². The van der Waals surface area contributed by atoms with Crippen LogP contribution in [0.2, 0.25) is 0 Å². The topological polar surface area (TPSA) is 67.9 Å². The van der Waals surface area contributed by atoms with Crippen molar-refractivity contribution in [2.45, 2.75) is 6.92 Å². The lowest BCUT2D eigenvalue weighted by Crippen LogP contribution is -1.92. The number of nitrogens with zero attached hydrogens (tertiary/aromatic N) is 2. The first kappa shape index (κ1) is 9.85. The highest BCUT2D eigenvalue weighted by Crippen LogP contribution is 2.21. The van der Waals surface area contributed by atoms with Gasteiger partial charge in [-0.25, -0.2) is 5.10 Å². The first-order valence-electron chi connectivity index (χ1n) is 4.43. The van der Waals surface area contributed by atoms with Gasteiger partial charge in [0, 0.05) is 11.8 Å². The van der Waals surface area contributed by atoms with Crippen molar-refractivity contribution >= 4 is 11.3 Å². The van der Waals surface area contributed by atoms with Crippen LogP contribution in [0.4, 0.5) is 0 Å². The monoisotopic (exact) mass is 223 g/mol. The summed E-state index contributed by atoms with van der Waals surface area (Å²) < 4.78 is 5.30. The zero-order chi connectivity index (χ0) is 10.7. The molecule has 0 saturated carbocycles. The van der Waals surface area contributed by atoms with Crippen LogP contribution < -0.4 is 9.61 Å². The quantitative estimate of drug-likeness (QED) is 0.851. The lowest BCUT2D eigenvalue weighted by atomic mass is 10.3. The number of aromatic nitrogens is 3. The highest BCUT2D eigenvalue weighted by atomic mass is 32.1. The Morgan fingerprint density at radius 3 is 3.07 bits per heavy atom. The summed E-state index contributed by atoms with van der Waals surface area (Å²) in [4.78, 5) is 14.8. The van der Waals surface area contributed by atoms with E-state index < -0.39 is 0 Å². The third kappa shape index (κ3) is 2.21. The average Bonchev–Trinajstić information content (AvgIpc) is 2.66. The third-order valence-corrected chi connectivity index (χ3v) is 2.51. The van der Waals surface area contributed by atoms with Crippen molar-refractivity contribution < 1.29 is 4.74 Å². The predicted octanol–water partition coefficient (Wildman–Crippen LogP) is 1.29. The van der Waals surface area contributed by atoms with Crippen molar-refractivity contribution in [2.24, 2.45) is 0 Å². The summed E-state index contributed by atoms with van der Waals surface area (Å²) >= 11 is 1.05. The molecule has 1 N–H and O–H groups in total. The maximum Gasteiger partial charge on any atom is 0.322 e. The molecule has 15 heavy (non-hydrogen) atoms. The maximum absolute atomic E-state index is 10.9. The van der Waals surface area contributed by atoms with Gasteiger partial charge in [0.2, 0.25) is 0 Å². The largest absolute Gasteiger partial charge is 0.492 e. The number of rotatable bonds is 3. The number of nitrogens with one attached hydrogen (secondary N) is 1. The van der Waals surface area contributed by atoms with Crippen molar-refractivity contribution in [1.29, 1.82) is 0 Å². The Hall–Kier alpha value is -1.69. The summed E-state index contributed by atoms with van der Waals surface area (Å²) in [5.41, 5.74) is 0.782. The molecule has 2 heterocycles. The second-order valence-corrected chi connectivity index (χ2v) is 3.72. The first-order chi connectivity index (χ1) is 7.29. The molecule has 0 bridgehead atoms. The van der Waals surface area contributed by atoms with Crippen molar-refractivity contribution in [1.82, 2.24) is 15.2 Å². The Bertz CT molecular complexity index is 506. The SMILES string of the molecule is CCOc1cncc(-c2n[nH]c(=O)s2)c1. The second kappa shape index (κ2) is 4.22. The molecule has 0 aliphatic rings. The van der Waals surface area contributed by atoms with Crippen molar-refractivity contribution in [3.8, 4) is 16.3 Å². The van der Waals surface area contributed by atoms with Crippen LogP contribution in [0.3, 0.4) is 0 Å². The molecule has 0 aliphatic heterocycles. The van der Waals surface area contributed by atoms with Crippen LogP contribution in [0.5, 0.6) is 5.75 Å². The lowest BCUT2D eigenvalue weighted by Gasteiger charge is -2.02. The number of aromatic amines is 1.